The van der Waals surface area contributed by atoms with E-state index in [-0.39, 0.29) is 5.56 Å². The molecule has 2 aromatic rings. The van der Waals surface area contributed by atoms with Crippen molar-refractivity contribution in [2.45, 2.75) is 52.5 Å². The first-order chi connectivity index (χ1) is 9.58. The molecule has 2 rings (SSSR count). The first-order valence-electron chi connectivity index (χ1n) is 7.05. The molecule has 0 aromatic carbocycles. The summed E-state index contributed by atoms with van der Waals surface area (Å²) in [6, 6.07) is 1.53. The summed E-state index contributed by atoms with van der Waals surface area (Å²) in [6.07, 6.45) is 4.92. The fraction of sp³-hybridized carbons (Fsp3) is 0.571. The van der Waals surface area contributed by atoms with Crippen molar-refractivity contribution in [2.24, 2.45) is 0 Å². The van der Waals surface area contributed by atoms with Crippen LogP contribution in [0.2, 0.25) is 0 Å². The Kier molecular flexibility index (Phi) is 4.65. The number of H-pyrrole nitrogens is 1. The average Bonchev–Trinajstić information content (AvgIpc) is 2.84. The molecule has 0 saturated heterocycles. The third kappa shape index (κ3) is 3.76. The number of nitrogens with one attached hydrogen (secondary N) is 1. The van der Waals surface area contributed by atoms with Gasteiger partial charge in [-0.25, -0.2) is 4.98 Å². The fourth-order valence-electron chi connectivity index (χ4n) is 2.23. The molecule has 2 heterocycles. The zero-order valence-electron chi connectivity index (χ0n) is 12.3. The van der Waals surface area contributed by atoms with Gasteiger partial charge in [0.25, 0.3) is 5.56 Å². The zero-order chi connectivity index (χ0) is 14.5. The summed E-state index contributed by atoms with van der Waals surface area (Å²) >= 11 is 0. The summed E-state index contributed by atoms with van der Waals surface area (Å²) < 4.78 is 1.82. The van der Waals surface area contributed by atoms with Crippen LogP contribution in [-0.4, -0.2) is 25.0 Å². The highest BCUT2D eigenvalue weighted by Gasteiger charge is 2.09. The van der Waals surface area contributed by atoms with Crippen LogP contribution < -0.4 is 5.56 Å². The van der Waals surface area contributed by atoms with Gasteiger partial charge in [0.15, 0.2) is 0 Å². The van der Waals surface area contributed by atoms with E-state index in [9.17, 15) is 4.79 Å². The Morgan fingerprint density at radius 2 is 2.25 bits per heavy atom. The van der Waals surface area contributed by atoms with Gasteiger partial charge in [0.2, 0.25) is 0 Å². The summed E-state index contributed by atoms with van der Waals surface area (Å²) in [7, 11) is 0. The van der Waals surface area contributed by atoms with Gasteiger partial charge in [-0.05, 0) is 13.3 Å². The van der Waals surface area contributed by atoms with Crippen LogP contribution in [-0.2, 0) is 13.0 Å². The van der Waals surface area contributed by atoms with Gasteiger partial charge in [-0.15, -0.1) is 5.10 Å². The Bertz CT molecular complexity index is 616. The predicted octanol–water partition coefficient (Wildman–Crippen LogP) is 1.82. The maximum absolute atomic E-state index is 11.4. The second-order valence-electron chi connectivity index (χ2n) is 5.17. The van der Waals surface area contributed by atoms with E-state index < -0.39 is 0 Å². The molecule has 108 valence electrons. The molecule has 0 aliphatic rings. The Hall–Kier alpha value is -1.98. The van der Waals surface area contributed by atoms with E-state index in [4.69, 9.17) is 0 Å². The molecule has 0 aliphatic heterocycles. The maximum Gasteiger partial charge on any atom is 0.251 e. The van der Waals surface area contributed by atoms with Crippen LogP contribution in [0.5, 0.6) is 0 Å². The van der Waals surface area contributed by atoms with Crippen molar-refractivity contribution < 1.29 is 0 Å². The summed E-state index contributed by atoms with van der Waals surface area (Å²) in [6.45, 7) is 6.80. The number of hydrogen-bond acceptors (Lipinski definition) is 4. The maximum atomic E-state index is 11.4. The van der Waals surface area contributed by atoms with Crippen molar-refractivity contribution >= 4 is 0 Å². The standard InChI is InChI=1S/C14H21N5O/c1-4-5-10(2)13-9-19(18-17-13)7-6-12-8-14(20)16-11(3)15-12/h8-10H,4-7H2,1-3H3,(H,15,16,20)/t10-/m1/s1. The van der Waals surface area contributed by atoms with Crippen molar-refractivity contribution in [3.8, 4) is 0 Å². The summed E-state index contributed by atoms with van der Waals surface area (Å²) in [4.78, 5) is 18.3. The Morgan fingerprint density at radius 1 is 1.45 bits per heavy atom. The Morgan fingerprint density at radius 3 is 2.95 bits per heavy atom. The number of aromatic nitrogens is 5. The summed E-state index contributed by atoms with van der Waals surface area (Å²) in [5.74, 6) is 1.08. The largest absolute Gasteiger partial charge is 0.311 e. The number of aryl methyl sites for hydroxylation is 3. The van der Waals surface area contributed by atoms with Gasteiger partial charge in [0.05, 0.1) is 5.69 Å². The number of aromatic amines is 1. The van der Waals surface area contributed by atoms with Gasteiger partial charge in [-0.3, -0.25) is 9.48 Å². The monoisotopic (exact) mass is 275 g/mol. The molecule has 0 aliphatic carbocycles. The Balaban J connectivity index is 1.99. The highest BCUT2D eigenvalue weighted by Crippen LogP contribution is 2.17. The predicted molar refractivity (Wildman–Crippen MR) is 76.6 cm³/mol. The molecule has 20 heavy (non-hydrogen) atoms. The summed E-state index contributed by atoms with van der Waals surface area (Å²) in [5, 5.41) is 8.34. The van der Waals surface area contributed by atoms with Gasteiger partial charge >= 0.3 is 0 Å². The number of nitrogens with zero attached hydrogens (tertiary/aromatic N) is 4. The topological polar surface area (TPSA) is 76.5 Å². The van der Waals surface area contributed by atoms with Crippen molar-refractivity contribution in [1.29, 1.82) is 0 Å². The minimum Gasteiger partial charge on any atom is -0.311 e. The summed E-state index contributed by atoms with van der Waals surface area (Å²) in [5.41, 5.74) is 1.70. The number of rotatable bonds is 6. The molecule has 0 radical (unpaired) electrons. The molecular formula is C14H21N5O. The second-order valence-corrected chi connectivity index (χ2v) is 5.17. The lowest BCUT2D eigenvalue weighted by molar-refractivity contribution is 0.581. The molecule has 0 spiro atoms. The first-order valence-corrected chi connectivity index (χ1v) is 7.05. The fourth-order valence-corrected chi connectivity index (χ4v) is 2.23. The molecule has 0 amide bonds. The molecule has 1 atom stereocenters. The molecule has 0 unspecified atom stereocenters. The smallest absolute Gasteiger partial charge is 0.251 e. The SMILES string of the molecule is CCC[C@@H](C)c1cn(CCc2cc(=O)[nH]c(C)n2)nn1. The van der Waals surface area contributed by atoms with E-state index in [0.29, 0.717) is 24.7 Å². The van der Waals surface area contributed by atoms with E-state index in [0.717, 1.165) is 24.2 Å². The molecule has 0 saturated carbocycles. The van der Waals surface area contributed by atoms with Crippen molar-refractivity contribution in [3.05, 3.63) is 39.8 Å². The van der Waals surface area contributed by atoms with Crippen LogP contribution in [0.25, 0.3) is 0 Å². The average molecular weight is 275 g/mol. The van der Waals surface area contributed by atoms with Crippen LogP contribution in [0.4, 0.5) is 0 Å². The molecule has 2 aromatic heterocycles. The molecule has 1 N–H and O–H groups in total. The molecule has 0 fully saturated rings. The van der Waals surface area contributed by atoms with E-state index in [1.165, 1.54) is 6.07 Å². The molecule has 6 nitrogen and oxygen atoms in total. The van der Waals surface area contributed by atoms with Gasteiger partial charge in [-0.1, -0.05) is 25.5 Å². The molecular weight excluding hydrogens is 254 g/mol. The highest BCUT2D eigenvalue weighted by molar-refractivity contribution is 5.03. The third-order valence-corrected chi connectivity index (χ3v) is 3.29. The highest BCUT2D eigenvalue weighted by atomic mass is 16.1. The number of hydrogen-bond donors (Lipinski definition) is 1. The molecule has 0 bridgehead atoms. The van der Waals surface area contributed by atoms with Crippen LogP contribution >= 0.6 is 0 Å². The van der Waals surface area contributed by atoms with Gasteiger partial charge < -0.3 is 4.98 Å². The van der Waals surface area contributed by atoms with E-state index in [1.807, 2.05) is 10.9 Å². The van der Waals surface area contributed by atoms with E-state index >= 15 is 0 Å². The molecule has 6 heteroatoms. The lowest BCUT2D eigenvalue weighted by Crippen LogP contribution is -2.12. The zero-order valence-corrected chi connectivity index (χ0v) is 12.3. The van der Waals surface area contributed by atoms with Gasteiger partial charge in [0.1, 0.15) is 5.82 Å². The van der Waals surface area contributed by atoms with Crippen molar-refractivity contribution in [2.75, 3.05) is 0 Å². The van der Waals surface area contributed by atoms with E-state index in [1.54, 1.807) is 6.92 Å². The minimum atomic E-state index is -0.108. The van der Waals surface area contributed by atoms with Crippen LogP contribution in [0.15, 0.2) is 17.1 Å². The third-order valence-electron chi connectivity index (χ3n) is 3.29. The Labute approximate surface area is 118 Å². The van der Waals surface area contributed by atoms with Gasteiger partial charge in [-0.2, -0.15) is 0 Å². The normalized spacial score (nSPS) is 12.6. The van der Waals surface area contributed by atoms with E-state index in [2.05, 4.69) is 34.1 Å². The van der Waals surface area contributed by atoms with Crippen molar-refractivity contribution in [3.63, 3.8) is 0 Å². The van der Waals surface area contributed by atoms with Crippen molar-refractivity contribution in [1.82, 2.24) is 25.0 Å². The van der Waals surface area contributed by atoms with Crippen LogP contribution in [0, 0.1) is 6.92 Å². The minimum absolute atomic E-state index is 0.108. The van der Waals surface area contributed by atoms with Crippen LogP contribution in [0.3, 0.4) is 0 Å². The van der Waals surface area contributed by atoms with Crippen LogP contribution in [0.1, 0.15) is 49.8 Å². The quantitative estimate of drug-likeness (QED) is 0.872. The first kappa shape index (κ1) is 14.4. The second kappa shape index (κ2) is 6.45. The van der Waals surface area contributed by atoms with Gasteiger partial charge in [0, 0.05) is 36.8 Å². The lowest BCUT2D eigenvalue weighted by atomic mass is 10.0. The lowest BCUT2D eigenvalue weighted by Gasteiger charge is -2.04.